The summed E-state index contributed by atoms with van der Waals surface area (Å²) in [6.07, 6.45) is 4.29. The molecule has 0 radical (unpaired) electrons. The number of likely N-dealkylation sites (tertiary alicyclic amines) is 1. The first-order valence-corrected chi connectivity index (χ1v) is 8.60. The molecule has 2 atom stereocenters. The summed E-state index contributed by atoms with van der Waals surface area (Å²) in [6.45, 7) is 6.71. The summed E-state index contributed by atoms with van der Waals surface area (Å²) in [4.78, 5) is 9.41. The van der Waals surface area contributed by atoms with Crippen LogP contribution in [0.4, 0.5) is 0 Å². The van der Waals surface area contributed by atoms with Crippen molar-refractivity contribution in [2.75, 3.05) is 60.1 Å². The summed E-state index contributed by atoms with van der Waals surface area (Å²) in [7, 11) is 3.59. The van der Waals surface area contributed by atoms with Gasteiger partial charge in [0.25, 0.3) is 0 Å². The Morgan fingerprint density at radius 2 is 2.14 bits per heavy atom. The average Bonchev–Trinajstić information content (AvgIpc) is 3.28. The molecule has 3 fully saturated rings. The highest BCUT2D eigenvalue weighted by atomic mass is 16.5. The van der Waals surface area contributed by atoms with Gasteiger partial charge in [-0.25, -0.2) is 0 Å². The van der Waals surface area contributed by atoms with Crippen LogP contribution in [-0.2, 0) is 9.47 Å². The van der Waals surface area contributed by atoms with Gasteiger partial charge < -0.3 is 24.6 Å². The molecule has 1 saturated carbocycles. The van der Waals surface area contributed by atoms with Crippen molar-refractivity contribution in [1.82, 2.24) is 15.1 Å². The molecule has 0 amide bonds. The highest BCUT2D eigenvalue weighted by molar-refractivity contribution is 5.80. The maximum absolute atomic E-state index is 5.71. The largest absolute Gasteiger partial charge is 0.382 e. The van der Waals surface area contributed by atoms with Crippen LogP contribution >= 0.6 is 0 Å². The van der Waals surface area contributed by atoms with Gasteiger partial charge in [-0.05, 0) is 31.7 Å². The first kappa shape index (κ1) is 16.0. The lowest BCUT2D eigenvalue weighted by atomic mass is 10.1. The number of hydrogen-bond acceptors (Lipinski definition) is 4. The van der Waals surface area contributed by atoms with E-state index in [1.807, 2.05) is 7.05 Å². The van der Waals surface area contributed by atoms with Crippen LogP contribution in [0.3, 0.4) is 0 Å². The number of ether oxygens (including phenoxy) is 2. The molecule has 2 unspecified atom stereocenters. The van der Waals surface area contributed by atoms with Crippen molar-refractivity contribution >= 4 is 5.96 Å². The van der Waals surface area contributed by atoms with Crippen molar-refractivity contribution in [1.29, 1.82) is 0 Å². The van der Waals surface area contributed by atoms with E-state index in [1.54, 1.807) is 7.11 Å². The first-order valence-electron chi connectivity index (χ1n) is 8.60. The van der Waals surface area contributed by atoms with Crippen LogP contribution in [0.5, 0.6) is 0 Å². The summed E-state index contributed by atoms with van der Waals surface area (Å²) in [6, 6.07) is 0.901. The standard InChI is InChI=1S/C16H30N4O2/c1-17-16(20-7-8-22-15(11-20)12-21-2)18-9-13-5-6-19(10-13)14-3-4-14/h13-15H,3-12H2,1-2H3,(H,17,18). The van der Waals surface area contributed by atoms with E-state index in [-0.39, 0.29) is 6.10 Å². The van der Waals surface area contributed by atoms with Gasteiger partial charge in [-0.3, -0.25) is 4.99 Å². The Kier molecular flexibility index (Phi) is 5.55. The number of methoxy groups -OCH3 is 1. The molecule has 0 bridgehead atoms. The van der Waals surface area contributed by atoms with Crippen LogP contribution in [0.25, 0.3) is 0 Å². The number of rotatable bonds is 5. The second kappa shape index (κ2) is 7.62. The van der Waals surface area contributed by atoms with E-state index in [0.29, 0.717) is 6.61 Å². The number of aliphatic imine (C=N–C) groups is 1. The van der Waals surface area contributed by atoms with Crippen molar-refractivity contribution in [2.24, 2.45) is 10.9 Å². The van der Waals surface area contributed by atoms with Gasteiger partial charge >= 0.3 is 0 Å². The van der Waals surface area contributed by atoms with Crippen molar-refractivity contribution in [3.63, 3.8) is 0 Å². The van der Waals surface area contributed by atoms with Crippen LogP contribution in [0, 0.1) is 5.92 Å². The van der Waals surface area contributed by atoms with Gasteiger partial charge in [-0.1, -0.05) is 0 Å². The van der Waals surface area contributed by atoms with Crippen LogP contribution in [0.1, 0.15) is 19.3 Å². The molecule has 6 heteroatoms. The molecule has 2 aliphatic heterocycles. The lowest BCUT2D eigenvalue weighted by Crippen LogP contribution is -2.52. The van der Waals surface area contributed by atoms with Crippen molar-refractivity contribution in [3.05, 3.63) is 0 Å². The zero-order valence-corrected chi connectivity index (χ0v) is 14.0. The van der Waals surface area contributed by atoms with E-state index in [9.17, 15) is 0 Å². The van der Waals surface area contributed by atoms with Crippen LogP contribution in [0.2, 0.25) is 0 Å². The van der Waals surface area contributed by atoms with E-state index in [2.05, 4.69) is 20.1 Å². The summed E-state index contributed by atoms with van der Waals surface area (Å²) >= 11 is 0. The lowest BCUT2D eigenvalue weighted by molar-refractivity contribution is -0.0447. The van der Waals surface area contributed by atoms with Gasteiger partial charge in [0.05, 0.1) is 19.3 Å². The van der Waals surface area contributed by atoms with Gasteiger partial charge in [-0.2, -0.15) is 0 Å². The minimum absolute atomic E-state index is 0.147. The van der Waals surface area contributed by atoms with Gasteiger partial charge in [0.1, 0.15) is 0 Å². The molecule has 2 saturated heterocycles. The Morgan fingerprint density at radius 1 is 1.27 bits per heavy atom. The quantitative estimate of drug-likeness (QED) is 0.588. The fraction of sp³-hybridized carbons (Fsp3) is 0.938. The predicted octanol–water partition coefficient (Wildman–Crippen LogP) is 0.393. The highest BCUT2D eigenvalue weighted by Gasteiger charge is 2.34. The zero-order valence-electron chi connectivity index (χ0n) is 14.0. The monoisotopic (exact) mass is 310 g/mol. The van der Waals surface area contributed by atoms with Crippen molar-refractivity contribution < 1.29 is 9.47 Å². The van der Waals surface area contributed by atoms with Crippen LogP contribution in [-0.4, -0.2) is 88.0 Å². The van der Waals surface area contributed by atoms with E-state index in [4.69, 9.17) is 9.47 Å². The Bertz CT molecular complexity index is 384. The third-order valence-electron chi connectivity index (χ3n) is 4.93. The first-order chi connectivity index (χ1) is 10.8. The molecule has 3 aliphatic rings. The van der Waals surface area contributed by atoms with Crippen molar-refractivity contribution in [2.45, 2.75) is 31.4 Å². The van der Waals surface area contributed by atoms with Gasteiger partial charge in [0, 0.05) is 46.4 Å². The molecular formula is C16H30N4O2. The molecule has 1 N–H and O–H groups in total. The fourth-order valence-electron chi connectivity index (χ4n) is 3.57. The van der Waals surface area contributed by atoms with E-state index in [1.165, 1.54) is 32.4 Å². The Labute approximate surface area is 133 Å². The summed E-state index contributed by atoms with van der Waals surface area (Å²) in [5.74, 6) is 1.77. The normalized spacial score (nSPS) is 30.8. The SMILES string of the molecule is CN=C(NCC1CCN(C2CC2)C1)N1CCOC(COC)C1. The van der Waals surface area contributed by atoms with E-state index in [0.717, 1.165) is 44.2 Å². The molecule has 0 aromatic rings. The minimum atomic E-state index is 0.147. The van der Waals surface area contributed by atoms with E-state index >= 15 is 0 Å². The number of morpholine rings is 1. The highest BCUT2D eigenvalue weighted by Crippen LogP contribution is 2.31. The summed E-state index contributed by atoms with van der Waals surface area (Å²) < 4.78 is 10.9. The molecule has 0 aromatic carbocycles. The maximum atomic E-state index is 5.71. The molecule has 0 spiro atoms. The van der Waals surface area contributed by atoms with E-state index < -0.39 is 0 Å². The molecule has 22 heavy (non-hydrogen) atoms. The smallest absolute Gasteiger partial charge is 0.193 e. The van der Waals surface area contributed by atoms with Gasteiger partial charge in [-0.15, -0.1) is 0 Å². The number of nitrogens with zero attached hydrogens (tertiary/aromatic N) is 3. The third-order valence-corrected chi connectivity index (χ3v) is 4.93. The molecule has 0 aromatic heterocycles. The summed E-state index contributed by atoms with van der Waals surface area (Å²) in [5, 5.41) is 3.58. The number of hydrogen-bond donors (Lipinski definition) is 1. The Morgan fingerprint density at radius 3 is 2.86 bits per heavy atom. The second-order valence-electron chi connectivity index (χ2n) is 6.70. The molecule has 6 nitrogen and oxygen atoms in total. The van der Waals surface area contributed by atoms with Gasteiger partial charge in [0.15, 0.2) is 5.96 Å². The average molecular weight is 310 g/mol. The van der Waals surface area contributed by atoms with Crippen molar-refractivity contribution in [3.8, 4) is 0 Å². The second-order valence-corrected chi connectivity index (χ2v) is 6.70. The molecule has 2 heterocycles. The summed E-state index contributed by atoms with van der Waals surface area (Å²) in [5.41, 5.74) is 0. The topological polar surface area (TPSA) is 49.3 Å². The van der Waals surface area contributed by atoms with Crippen LogP contribution < -0.4 is 5.32 Å². The molecule has 126 valence electrons. The molecular weight excluding hydrogens is 280 g/mol. The Hall–Kier alpha value is -0.850. The fourth-order valence-corrected chi connectivity index (χ4v) is 3.57. The third kappa shape index (κ3) is 4.12. The van der Waals surface area contributed by atoms with Gasteiger partial charge in [0.2, 0.25) is 0 Å². The molecule has 1 aliphatic carbocycles. The maximum Gasteiger partial charge on any atom is 0.193 e. The number of nitrogens with one attached hydrogen (secondary N) is 1. The molecule has 3 rings (SSSR count). The zero-order chi connectivity index (χ0) is 15.4. The predicted molar refractivity (Wildman–Crippen MR) is 87.3 cm³/mol. The minimum Gasteiger partial charge on any atom is -0.382 e. The lowest BCUT2D eigenvalue weighted by Gasteiger charge is -2.35. The Balaban J connectivity index is 1.43. The van der Waals surface area contributed by atoms with Crippen LogP contribution in [0.15, 0.2) is 4.99 Å². The number of guanidine groups is 1.